The number of nitrogens with zero attached hydrogens (tertiary/aromatic N) is 4. The lowest BCUT2D eigenvalue weighted by atomic mass is 9.95. The van der Waals surface area contributed by atoms with Gasteiger partial charge in [-0.05, 0) is 30.9 Å². The predicted molar refractivity (Wildman–Crippen MR) is 83.3 cm³/mol. The van der Waals surface area contributed by atoms with Gasteiger partial charge in [-0.3, -0.25) is 0 Å². The van der Waals surface area contributed by atoms with Gasteiger partial charge in [-0.15, -0.1) is 5.10 Å². The summed E-state index contributed by atoms with van der Waals surface area (Å²) in [6, 6.07) is 2.22. The molecule has 2 rings (SSSR count). The van der Waals surface area contributed by atoms with Gasteiger partial charge in [0.25, 0.3) is 0 Å². The minimum Gasteiger partial charge on any atom is -0.359 e. The molecule has 0 aliphatic heterocycles. The monoisotopic (exact) mass is 290 g/mol. The van der Waals surface area contributed by atoms with Crippen molar-refractivity contribution in [2.45, 2.75) is 52.7 Å². The third kappa shape index (κ3) is 3.73. The summed E-state index contributed by atoms with van der Waals surface area (Å²) in [5.41, 5.74) is 3.83. The summed E-state index contributed by atoms with van der Waals surface area (Å²) < 4.78 is 9.32. The molecular formula is C16H26N4O. The maximum atomic E-state index is 5.34. The molecule has 0 saturated carbocycles. The summed E-state index contributed by atoms with van der Waals surface area (Å²) in [6.07, 6.45) is 5.11. The maximum absolute atomic E-state index is 5.34. The van der Waals surface area contributed by atoms with Gasteiger partial charge in [-0.1, -0.05) is 26.0 Å². The fourth-order valence-electron chi connectivity index (χ4n) is 2.77. The molecule has 0 aromatic carbocycles. The van der Waals surface area contributed by atoms with Crippen LogP contribution in [0.3, 0.4) is 0 Å². The standard InChI is InChI=1S/C16H26N4O/c1-6-21-11-20-10-15(17-18-20)13(4)9-14-7-8-19(5)16(14)12(2)3/h7-8,10,12-13H,6,9,11H2,1-5H3. The Morgan fingerprint density at radius 1 is 1.29 bits per heavy atom. The normalized spacial score (nSPS) is 13.0. The van der Waals surface area contributed by atoms with Crippen molar-refractivity contribution >= 4 is 0 Å². The van der Waals surface area contributed by atoms with Crippen LogP contribution in [0.15, 0.2) is 18.5 Å². The molecule has 0 aliphatic carbocycles. The topological polar surface area (TPSA) is 44.9 Å². The van der Waals surface area contributed by atoms with E-state index in [0.29, 0.717) is 25.2 Å². The number of rotatable bonds is 7. The zero-order valence-corrected chi connectivity index (χ0v) is 13.7. The maximum Gasteiger partial charge on any atom is 0.141 e. The highest BCUT2D eigenvalue weighted by molar-refractivity contribution is 5.27. The van der Waals surface area contributed by atoms with Crippen molar-refractivity contribution in [3.05, 3.63) is 35.4 Å². The average molecular weight is 290 g/mol. The van der Waals surface area contributed by atoms with Gasteiger partial charge in [0.1, 0.15) is 6.73 Å². The van der Waals surface area contributed by atoms with Crippen molar-refractivity contribution in [3.63, 3.8) is 0 Å². The first kappa shape index (κ1) is 15.8. The lowest BCUT2D eigenvalue weighted by molar-refractivity contribution is 0.0778. The zero-order valence-electron chi connectivity index (χ0n) is 13.7. The van der Waals surface area contributed by atoms with Crippen molar-refractivity contribution < 1.29 is 4.74 Å². The van der Waals surface area contributed by atoms with Gasteiger partial charge >= 0.3 is 0 Å². The van der Waals surface area contributed by atoms with Crippen LogP contribution in [0.2, 0.25) is 0 Å². The van der Waals surface area contributed by atoms with E-state index < -0.39 is 0 Å². The summed E-state index contributed by atoms with van der Waals surface area (Å²) in [4.78, 5) is 0. The molecule has 2 aromatic heterocycles. The molecule has 0 bridgehead atoms. The van der Waals surface area contributed by atoms with Crippen LogP contribution in [0.5, 0.6) is 0 Å². The second-order valence-corrected chi connectivity index (χ2v) is 5.90. The van der Waals surface area contributed by atoms with E-state index >= 15 is 0 Å². The number of aromatic nitrogens is 4. The van der Waals surface area contributed by atoms with Gasteiger partial charge < -0.3 is 9.30 Å². The highest BCUT2D eigenvalue weighted by Crippen LogP contribution is 2.25. The van der Waals surface area contributed by atoms with Crippen LogP contribution < -0.4 is 0 Å². The molecule has 0 radical (unpaired) electrons. The van der Waals surface area contributed by atoms with E-state index in [1.54, 1.807) is 4.68 Å². The van der Waals surface area contributed by atoms with Crippen molar-refractivity contribution in [2.75, 3.05) is 6.61 Å². The molecule has 5 heteroatoms. The van der Waals surface area contributed by atoms with Crippen LogP contribution in [0, 0.1) is 0 Å². The first-order valence-corrected chi connectivity index (χ1v) is 7.64. The Morgan fingerprint density at radius 3 is 2.71 bits per heavy atom. The van der Waals surface area contributed by atoms with E-state index in [9.17, 15) is 0 Å². The van der Waals surface area contributed by atoms with Crippen LogP contribution in [-0.2, 0) is 24.9 Å². The predicted octanol–water partition coefficient (Wildman–Crippen LogP) is 3.08. The summed E-state index contributed by atoms with van der Waals surface area (Å²) in [5, 5.41) is 8.39. The fraction of sp³-hybridized carbons (Fsp3) is 0.625. The molecule has 1 atom stereocenters. The van der Waals surface area contributed by atoms with Gasteiger partial charge in [0.2, 0.25) is 0 Å². The number of hydrogen-bond acceptors (Lipinski definition) is 3. The van der Waals surface area contributed by atoms with Crippen molar-refractivity contribution in [2.24, 2.45) is 7.05 Å². The summed E-state index contributed by atoms with van der Waals surface area (Å²) in [7, 11) is 2.11. The van der Waals surface area contributed by atoms with Crippen LogP contribution in [-0.4, -0.2) is 26.2 Å². The van der Waals surface area contributed by atoms with Crippen molar-refractivity contribution in [1.82, 2.24) is 19.6 Å². The van der Waals surface area contributed by atoms with Crippen molar-refractivity contribution in [1.29, 1.82) is 0 Å². The van der Waals surface area contributed by atoms with Gasteiger partial charge in [0.15, 0.2) is 0 Å². The van der Waals surface area contributed by atoms with Gasteiger partial charge in [0, 0.05) is 31.5 Å². The molecule has 21 heavy (non-hydrogen) atoms. The van der Waals surface area contributed by atoms with E-state index in [1.165, 1.54) is 11.3 Å². The Balaban J connectivity index is 2.07. The Kier molecular flexibility index (Phi) is 5.17. The minimum atomic E-state index is 0.347. The SMILES string of the molecule is CCOCn1cc(C(C)Cc2ccn(C)c2C(C)C)nn1. The minimum absolute atomic E-state index is 0.347. The highest BCUT2D eigenvalue weighted by Gasteiger charge is 2.16. The van der Waals surface area contributed by atoms with E-state index in [2.05, 4.69) is 55.0 Å². The van der Waals surface area contributed by atoms with Crippen LogP contribution in [0.25, 0.3) is 0 Å². The third-order valence-corrected chi connectivity index (χ3v) is 3.77. The third-order valence-electron chi connectivity index (χ3n) is 3.77. The van der Waals surface area contributed by atoms with E-state index in [1.807, 2.05) is 13.1 Å². The van der Waals surface area contributed by atoms with E-state index in [4.69, 9.17) is 4.74 Å². The molecular weight excluding hydrogens is 264 g/mol. The zero-order chi connectivity index (χ0) is 15.4. The highest BCUT2D eigenvalue weighted by atomic mass is 16.5. The summed E-state index contributed by atoms with van der Waals surface area (Å²) >= 11 is 0. The first-order chi connectivity index (χ1) is 10.0. The second-order valence-electron chi connectivity index (χ2n) is 5.90. The summed E-state index contributed by atoms with van der Waals surface area (Å²) in [5.74, 6) is 0.876. The molecule has 5 nitrogen and oxygen atoms in total. The summed E-state index contributed by atoms with van der Waals surface area (Å²) in [6.45, 7) is 9.81. The lowest BCUT2D eigenvalue weighted by Gasteiger charge is -2.13. The van der Waals surface area contributed by atoms with E-state index in [-0.39, 0.29) is 0 Å². The van der Waals surface area contributed by atoms with Gasteiger partial charge in [0.05, 0.1) is 11.9 Å². The second kappa shape index (κ2) is 6.89. The number of ether oxygens (including phenoxy) is 1. The Morgan fingerprint density at radius 2 is 2.05 bits per heavy atom. The van der Waals surface area contributed by atoms with Gasteiger partial charge in [-0.2, -0.15) is 0 Å². The molecule has 1 unspecified atom stereocenters. The molecule has 0 aliphatic rings. The molecule has 116 valence electrons. The Bertz CT molecular complexity index is 571. The number of aryl methyl sites for hydroxylation is 1. The lowest BCUT2D eigenvalue weighted by Crippen LogP contribution is -2.05. The molecule has 0 amide bonds. The van der Waals surface area contributed by atoms with Gasteiger partial charge in [-0.25, -0.2) is 4.68 Å². The molecule has 2 aromatic rings. The smallest absolute Gasteiger partial charge is 0.141 e. The Hall–Kier alpha value is -1.62. The van der Waals surface area contributed by atoms with Crippen LogP contribution >= 0.6 is 0 Å². The molecule has 0 fully saturated rings. The average Bonchev–Trinajstić information content (AvgIpc) is 3.03. The molecule has 0 N–H and O–H groups in total. The molecule has 0 saturated heterocycles. The Labute approximate surface area is 126 Å². The van der Waals surface area contributed by atoms with Crippen LogP contribution in [0.4, 0.5) is 0 Å². The van der Waals surface area contributed by atoms with Crippen LogP contribution in [0.1, 0.15) is 56.5 Å². The quantitative estimate of drug-likeness (QED) is 0.787. The number of hydrogen-bond donors (Lipinski definition) is 0. The molecule has 2 heterocycles. The first-order valence-electron chi connectivity index (χ1n) is 7.64. The molecule has 0 spiro atoms. The van der Waals surface area contributed by atoms with Crippen molar-refractivity contribution in [3.8, 4) is 0 Å². The van der Waals surface area contributed by atoms with E-state index in [0.717, 1.165) is 12.1 Å². The largest absolute Gasteiger partial charge is 0.359 e. The fourth-order valence-corrected chi connectivity index (χ4v) is 2.77.